The van der Waals surface area contributed by atoms with Crippen molar-refractivity contribution in [3.05, 3.63) is 29.8 Å². The molecule has 2 unspecified atom stereocenters. The van der Waals surface area contributed by atoms with Crippen LogP contribution in [0.1, 0.15) is 37.8 Å². The van der Waals surface area contributed by atoms with Crippen molar-refractivity contribution in [2.75, 3.05) is 20.8 Å². The molecule has 1 aromatic carbocycles. The van der Waals surface area contributed by atoms with E-state index in [0.717, 1.165) is 24.2 Å². The third-order valence-electron chi connectivity index (χ3n) is 3.44. The van der Waals surface area contributed by atoms with Gasteiger partial charge in [-0.05, 0) is 37.0 Å². The molecule has 0 spiro atoms. The largest absolute Gasteiger partial charge is 0.497 e. The number of hydrogen-bond donors (Lipinski definition) is 2. The molecule has 0 fully saturated rings. The molecular formula is C16H26N2O3. The van der Waals surface area contributed by atoms with Crippen LogP contribution in [0.2, 0.25) is 0 Å². The molecule has 0 aromatic heterocycles. The van der Waals surface area contributed by atoms with E-state index in [2.05, 4.69) is 5.32 Å². The predicted octanol–water partition coefficient (Wildman–Crippen LogP) is 2.02. The molecule has 0 radical (unpaired) electrons. The van der Waals surface area contributed by atoms with Crippen molar-refractivity contribution < 1.29 is 14.3 Å². The number of nitrogens with one attached hydrogen (secondary N) is 1. The highest BCUT2D eigenvalue weighted by atomic mass is 16.5. The summed E-state index contributed by atoms with van der Waals surface area (Å²) in [5, 5.41) is 3.00. The second-order valence-electron chi connectivity index (χ2n) is 4.98. The molecule has 0 heterocycles. The lowest BCUT2D eigenvalue weighted by Crippen LogP contribution is -2.42. The van der Waals surface area contributed by atoms with Crippen molar-refractivity contribution in [2.24, 2.45) is 5.73 Å². The Kier molecular flexibility index (Phi) is 7.79. The van der Waals surface area contributed by atoms with E-state index < -0.39 is 6.04 Å². The molecule has 3 N–H and O–H groups in total. The summed E-state index contributed by atoms with van der Waals surface area (Å²) in [6, 6.07) is 7.18. The molecule has 1 amide bonds. The van der Waals surface area contributed by atoms with E-state index in [1.807, 2.05) is 31.2 Å². The summed E-state index contributed by atoms with van der Waals surface area (Å²) in [5.74, 6) is 0.685. The topological polar surface area (TPSA) is 73.6 Å². The van der Waals surface area contributed by atoms with Crippen molar-refractivity contribution in [2.45, 2.75) is 38.3 Å². The Morgan fingerprint density at radius 1 is 1.29 bits per heavy atom. The van der Waals surface area contributed by atoms with Crippen LogP contribution in [0.25, 0.3) is 0 Å². The van der Waals surface area contributed by atoms with Crippen LogP contribution in [0.5, 0.6) is 5.75 Å². The van der Waals surface area contributed by atoms with Crippen LogP contribution in [0, 0.1) is 0 Å². The molecule has 1 aromatic rings. The fraction of sp³-hybridized carbons (Fsp3) is 0.562. The Balaban J connectivity index is 2.57. The fourth-order valence-corrected chi connectivity index (χ4v) is 2.11. The second kappa shape index (κ2) is 9.37. The van der Waals surface area contributed by atoms with Gasteiger partial charge in [0.25, 0.3) is 0 Å². The summed E-state index contributed by atoms with van der Waals surface area (Å²) in [5.41, 5.74) is 6.95. The van der Waals surface area contributed by atoms with Gasteiger partial charge < -0.3 is 20.5 Å². The van der Waals surface area contributed by atoms with Gasteiger partial charge in [0.15, 0.2) is 0 Å². The quantitative estimate of drug-likeness (QED) is 0.683. The van der Waals surface area contributed by atoms with Crippen molar-refractivity contribution in [3.8, 4) is 5.75 Å². The summed E-state index contributed by atoms with van der Waals surface area (Å²) in [6.45, 7) is 2.66. The first-order valence-electron chi connectivity index (χ1n) is 7.31. The van der Waals surface area contributed by atoms with Gasteiger partial charge in [-0.1, -0.05) is 19.1 Å². The average Bonchev–Trinajstić information content (AvgIpc) is 2.52. The molecule has 118 valence electrons. The number of carbonyl (C=O) groups is 1. The zero-order valence-electron chi connectivity index (χ0n) is 13.1. The molecule has 0 bridgehead atoms. The van der Waals surface area contributed by atoms with Crippen LogP contribution in [-0.2, 0) is 9.53 Å². The SMILES string of the molecule is CCC(NC(=O)C(N)CCCOC)c1ccc(OC)cc1. The van der Waals surface area contributed by atoms with Gasteiger partial charge in [0.1, 0.15) is 5.75 Å². The van der Waals surface area contributed by atoms with E-state index in [1.54, 1.807) is 14.2 Å². The Morgan fingerprint density at radius 2 is 1.95 bits per heavy atom. The molecule has 1 rings (SSSR count). The lowest BCUT2D eigenvalue weighted by Gasteiger charge is -2.20. The van der Waals surface area contributed by atoms with Crippen LogP contribution in [0.4, 0.5) is 0 Å². The second-order valence-corrected chi connectivity index (χ2v) is 4.98. The molecule has 0 aliphatic carbocycles. The van der Waals surface area contributed by atoms with Gasteiger partial charge in [0.05, 0.1) is 19.2 Å². The summed E-state index contributed by atoms with van der Waals surface area (Å²) >= 11 is 0. The van der Waals surface area contributed by atoms with E-state index in [0.29, 0.717) is 13.0 Å². The zero-order chi connectivity index (χ0) is 15.7. The first kappa shape index (κ1) is 17.5. The van der Waals surface area contributed by atoms with Crippen molar-refractivity contribution >= 4 is 5.91 Å². The smallest absolute Gasteiger partial charge is 0.237 e. The number of methoxy groups -OCH3 is 2. The summed E-state index contributed by atoms with van der Waals surface area (Å²) in [7, 11) is 3.27. The number of nitrogens with two attached hydrogens (primary N) is 1. The van der Waals surface area contributed by atoms with Crippen LogP contribution in [-0.4, -0.2) is 32.8 Å². The van der Waals surface area contributed by atoms with Gasteiger partial charge in [-0.2, -0.15) is 0 Å². The summed E-state index contributed by atoms with van der Waals surface area (Å²) in [4.78, 5) is 12.1. The number of amides is 1. The third kappa shape index (κ3) is 5.73. The fourth-order valence-electron chi connectivity index (χ4n) is 2.11. The van der Waals surface area contributed by atoms with Gasteiger partial charge in [0.2, 0.25) is 5.91 Å². The maximum atomic E-state index is 12.1. The molecule has 0 saturated carbocycles. The molecule has 21 heavy (non-hydrogen) atoms. The third-order valence-corrected chi connectivity index (χ3v) is 3.44. The van der Waals surface area contributed by atoms with Gasteiger partial charge in [-0.15, -0.1) is 0 Å². The molecule has 0 aliphatic heterocycles. The van der Waals surface area contributed by atoms with E-state index >= 15 is 0 Å². The first-order valence-corrected chi connectivity index (χ1v) is 7.31. The molecule has 5 heteroatoms. The Hall–Kier alpha value is -1.59. The minimum Gasteiger partial charge on any atom is -0.497 e. The number of hydrogen-bond acceptors (Lipinski definition) is 4. The predicted molar refractivity (Wildman–Crippen MR) is 83.3 cm³/mol. The van der Waals surface area contributed by atoms with E-state index in [9.17, 15) is 4.79 Å². The standard InChI is InChI=1S/C16H26N2O3/c1-4-15(12-7-9-13(21-3)10-8-12)18-16(19)14(17)6-5-11-20-2/h7-10,14-15H,4-6,11,17H2,1-3H3,(H,18,19). The Labute approximate surface area is 126 Å². The van der Waals surface area contributed by atoms with Crippen LogP contribution < -0.4 is 15.8 Å². The maximum absolute atomic E-state index is 12.1. The average molecular weight is 294 g/mol. The Morgan fingerprint density at radius 3 is 2.48 bits per heavy atom. The van der Waals surface area contributed by atoms with Crippen LogP contribution in [0.15, 0.2) is 24.3 Å². The molecular weight excluding hydrogens is 268 g/mol. The van der Waals surface area contributed by atoms with E-state index in [1.165, 1.54) is 0 Å². The number of ether oxygens (including phenoxy) is 2. The van der Waals surface area contributed by atoms with Gasteiger partial charge in [-0.25, -0.2) is 0 Å². The van der Waals surface area contributed by atoms with Crippen molar-refractivity contribution in [1.82, 2.24) is 5.32 Å². The highest BCUT2D eigenvalue weighted by Gasteiger charge is 2.18. The Bertz CT molecular complexity index is 420. The zero-order valence-corrected chi connectivity index (χ0v) is 13.1. The minimum atomic E-state index is -0.493. The van der Waals surface area contributed by atoms with Gasteiger partial charge >= 0.3 is 0 Å². The molecule has 5 nitrogen and oxygen atoms in total. The van der Waals surface area contributed by atoms with E-state index in [4.69, 9.17) is 15.2 Å². The van der Waals surface area contributed by atoms with Gasteiger partial charge in [-0.3, -0.25) is 4.79 Å². The summed E-state index contributed by atoms with van der Waals surface area (Å²) in [6.07, 6.45) is 2.21. The van der Waals surface area contributed by atoms with Crippen LogP contribution >= 0.6 is 0 Å². The first-order chi connectivity index (χ1) is 10.1. The number of benzene rings is 1. The highest BCUT2D eigenvalue weighted by Crippen LogP contribution is 2.20. The van der Waals surface area contributed by atoms with Crippen molar-refractivity contribution in [3.63, 3.8) is 0 Å². The minimum absolute atomic E-state index is 0.0307. The molecule has 2 atom stereocenters. The summed E-state index contributed by atoms with van der Waals surface area (Å²) < 4.78 is 10.1. The lowest BCUT2D eigenvalue weighted by atomic mass is 10.0. The van der Waals surface area contributed by atoms with Crippen molar-refractivity contribution in [1.29, 1.82) is 0 Å². The maximum Gasteiger partial charge on any atom is 0.237 e. The normalized spacial score (nSPS) is 13.5. The van der Waals surface area contributed by atoms with Gasteiger partial charge in [0, 0.05) is 13.7 Å². The molecule has 0 saturated heterocycles. The van der Waals surface area contributed by atoms with E-state index in [-0.39, 0.29) is 11.9 Å². The highest BCUT2D eigenvalue weighted by molar-refractivity contribution is 5.81. The number of rotatable bonds is 9. The monoisotopic (exact) mass is 294 g/mol. The lowest BCUT2D eigenvalue weighted by molar-refractivity contribution is -0.123. The van der Waals surface area contributed by atoms with Crippen LogP contribution in [0.3, 0.4) is 0 Å². The number of carbonyl (C=O) groups excluding carboxylic acids is 1. The molecule has 0 aliphatic rings.